The van der Waals surface area contributed by atoms with Crippen molar-refractivity contribution >= 4 is 15.7 Å². The first kappa shape index (κ1) is 14.8. The van der Waals surface area contributed by atoms with E-state index in [-0.39, 0.29) is 11.7 Å². The lowest BCUT2D eigenvalue weighted by Gasteiger charge is -2.17. The van der Waals surface area contributed by atoms with E-state index in [2.05, 4.69) is 15.0 Å². The minimum absolute atomic E-state index is 0.0820. The maximum atomic E-state index is 13.3. The predicted octanol–water partition coefficient (Wildman–Crippen LogP) is 1.35. The van der Waals surface area contributed by atoms with Gasteiger partial charge in [0.25, 0.3) is 0 Å². The number of pyridine rings is 1. The number of hydrogen-bond donors (Lipinski definition) is 2. The second-order valence-corrected chi connectivity index (χ2v) is 6.48. The topological polar surface area (TPSA) is 71.1 Å². The summed E-state index contributed by atoms with van der Waals surface area (Å²) >= 11 is 0. The van der Waals surface area contributed by atoms with E-state index in [1.165, 1.54) is 12.3 Å². The number of aromatic nitrogens is 1. The average Bonchev–Trinajstić information content (AvgIpc) is 2.28. The van der Waals surface area contributed by atoms with Gasteiger partial charge in [0, 0.05) is 18.8 Å². The van der Waals surface area contributed by atoms with Gasteiger partial charge < -0.3 is 5.32 Å². The Kier molecular flexibility index (Phi) is 5.03. The number of anilines is 1. The summed E-state index contributed by atoms with van der Waals surface area (Å²) in [5, 5.41) is 2.37. The highest BCUT2D eigenvalue weighted by molar-refractivity contribution is 7.93. The summed E-state index contributed by atoms with van der Waals surface area (Å²) in [6.07, 6.45) is 2.30. The first-order chi connectivity index (χ1) is 8.33. The van der Waals surface area contributed by atoms with Gasteiger partial charge in [0.15, 0.2) is 5.82 Å². The van der Waals surface area contributed by atoms with Crippen molar-refractivity contribution < 1.29 is 12.8 Å². The van der Waals surface area contributed by atoms with Crippen LogP contribution in [-0.4, -0.2) is 31.2 Å². The van der Waals surface area contributed by atoms with Crippen LogP contribution in [0.1, 0.15) is 20.8 Å². The summed E-state index contributed by atoms with van der Waals surface area (Å²) in [5.74, 6) is -0.690. The van der Waals surface area contributed by atoms with Crippen LogP contribution < -0.4 is 10.0 Å². The van der Waals surface area contributed by atoms with E-state index in [1.807, 2.05) is 13.8 Å². The molecule has 0 spiro atoms. The van der Waals surface area contributed by atoms with E-state index in [9.17, 15) is 12.8 Å². The number of sulfonamides is 1. The molecule has 2 N–H and O–H groups in total. The number of hydrogen-bond acceptors (Lipinski definition) is 4. The highest BCUT2D eigenvalue weighted by Gasteiger charge is 2.21. The zero-order chi connectivity index (χ0) is 13.8. The van der Waals surface area contributed by atoms with Crippen molar-refractivity contribution in [2.24, 2.45) is 0 Å². The molecule has 1 atom stereocenters. The maximum Gasteiger partial charge on any atom is 0.236 e. The van der Waals surface area contributed by atoms with Gasteiger partial charge in [0.05, 0.1) is 17.1 Å². The van der Waals surface area contributed by atoms with E-state index in [4.69, 9.17) is 0 Å². The van der Waals surface area contributed by atoms with Crippen molar-refractivity contribution in [3.8, 4) is 0 Å². The molecule has 18 heavy (non-hydrogen) atoms. The van der Waals surface area contributed by atoms with Crippen LogP contribution in [0.25, 0.3) is 0 Å². The molecular weight excluding hydrogens is 257 g/mol. The van der Waals surface area contributed by atoms with Crippen molar-refractivity contribution in [3.63, 3.8) is 0 Å². The molecule has 7 heteroatoms. The van der Waals surface area contributed by atoms with Gasteiger partial charge in [-0.15, -0.1) is 0 Å². The predicted molar refractivity (Wildman–Crippen MR) is 69.3 cm³/mol. The van der Waals surface area contributed by atoms with E-state index in [0.29, 0.717) is 6.54 Å². The molecule has 0 fully saturated rings. The summed E-state index contributed by atoms with van der Waals surface area (Å²) in [7, 11) is -3.61. The Hall–Kier alpha value is -1.21. The molecule has 1 heterocycles. The molecule has 0 aliphatic rings. The molecule has 0 radical (unpaired) electrons. The summed E-state index contributed by atoms with van der Waals surface area (Å²) in [6.45, 7) is 5.72. The summed E-state index contributed by atoms with van der Waals surface area (Å²) in [5.41, 5.74) is -0.0820. The normalized spacial score (nSPS) is 13.6. The lowest BCUT2D eigenvalue weighted by molar-refractivity contribution is 0.553. The molecule has 0 saturated carbocycles. The Balaban J connectivity index is 2.73. The van der Waals surface area contributed by atoms with E-state index in [1.54, 1.807) is 6.92 Å². The molecule has 5 nitrogen and oxygen atoms in total. The summed E-state index contributed by atoms with van der Waals surface area (Å²) < 4.78 is 39.4. The molecule has 1 aromatic heterocycles. The molecule has 1 rings (SSSR count). The van der Waals surface area contributed by atoms with Crippen molar-refractivity contribution in [1.82, 2.24) is 10.3 Å². The second-order valence-electron chi connectivity index (χ2n) is 4.38. The van der Waals surface area contributed by atoms with Crippen LogP contribution in [-0.2, 0) is 10.0 Å². The molecule has 0 aromatic carbocycles. The van der Waals surface area contributed by atoms with Crippen LogP contribution in [0.2, 0.25) is 0 Å². The Morgan fingerprint density at radius 2 is 2.06 bits per heavy atom. The monoisotopic (exact) mass is 275 g/mol. The van der Waals surface area contributed by atoms with Gasteiger partial charge in [0.2, 0.25) is 10.0 Å². The van der Waals surface area contributed by atoms with Gasteiger partial charge in [-0.05, 0) is 13.0 Å². The fraction of sp³-hybridized carbons (Fsp3) is 0.545. The fourth-order valence-electron chi connectivity index (χ4n) is 1.22. The maximum absolute atomic E-state index is 13.3. The molecule has 0 aliphatic carbocycles. The van der Waals surface area contributed by atoms with E-state index in [0.717, 1.165) is 6.20 Å². The smallest absolute Gasteiger partial charge is 0.236 e. The van der Waals surface area contributed by atoms with Gasteiger partial charge in [-0.3, -0.25) is 9.71 Å². The number of rotatable bonds is 6. The minimum Gasteiger partial charge on any atom is -0.313 e. The highest BCUT2D eigenvalue weighted by atomic mass is 32.2. The third-order valence-electron chi connectivity index (χ3n) is 2.37. The highest BCUT2D eigenvalue weighted by Crippen LogP contribution is 2.14. The third kappa shape index (κ3) is 4.23. The largest absolute Gasteiger partial charge is 0.313 e. The van der Waals surface area contributed by atoms with Crippen LogP contribution in [0, 0.1) is 5.82 Å². The van der Waals surface area contributed by atoms with Crippen LogP contribution in [0.5, 0.6) is 0 Å². The van der Waals surface area contributed by atoms with Gasteiger partial charge >= 0.3 is 0 Å². The Morgan fingerprint density at radius 1 is 1.39 bits per heavy atom. The fourth-order valence-corrected chi connectivity index (χ4v) is 2.21. The zero-order valence-electron chi connectivity index (χ0n) is 10.6. The second kappa shape index (κ2) is 6.10. The molecule has 0 bridgehead atoms. The molecular formula is C11H18FN3O2S. The molecule has 0 amide bonds. The molecule has 1 aromatic rings. The van der Waals surface area contributed by atoms with Crippen molar-refractivity contribution in [3.05, 3.63) is 24.3 Å². The van der Waals surface area contributed by atoms with Crippen LogP contribution in [0.3, 0.4) is 0 Å². The van der Waals surface area contributed by atoms with Gasteiger partial charge in [-0.1, -0.05) is 13.8 Å². The van der Waals surface area contributed by atoms with E-state index < -0.39 is 21.1 Å². The third-order valence-corrected chi connectivity index (χ3v) is 4.10. The molecule has 102 valence electrons. The van der Waals surface area contributed by atoms with Crippen LogP contribution in [0.4, 0.5) is 10.1 Å². The van der Waals surface area contributed by atoms with Crippen LogP contribution in [0.15, 0.2) is 18.5 Å². The first-order valence-corrected chi connectivity index (χ1v) is 7.22. The summed E-state index contributed by atoms with van der Waals surface area (Å²) in [6, 6.07) is 1.48. The van der Waals surface area contributed by atoms with Gasteiger partial charge in [-0.2, -0.15) is 0 Å². The SMILES string of the molecule is CC(C)NCC(C)S(=O)(=O)Nc1ccncc1F. The quantitative estimate of drug-likeness (QED) is 0.822. The minimum atomic E-state index is -3.61. The van der Waals surface area contributed by atoms with Crippen molar-refractivity contribution in [1.29, 1.82) is 0 Å². The van der Waals surface area contributed by atoms with E-state index >= 15 is 0 Å². The van der Waals surface area contributed by atoms with Crippen molar-refractivity contribution in [2.45, 2.75) is 32.1 Å². The van der Waals surface area contributed by atoms with Gasteiger partial charge in [-0.25, -0.2) is 12.8 Å². The lowest BCUT2D eigenvalue weighted by Crippen LogP contribution is -2.37. The number of nitrogens with one attached hydrogen (secondary N) is 2. The number of halogens is 1. The van der Waals surface area contributed by atoms with Crippen molar-refractivity contribution in [2.75, 3.05) is 11.3 Å². The van der Waals surface area contributed by atoms with Crippen LogP contribution >= 0.6 is 0 Å². The Bertz CT molecular complexity index is 491. The Labute approximate surface area is 107 Å². The lowest BCUT2D eigenvalue weighted by atomic mass is 10.3. The molecule has 1 unspecified atom stereocenters. The first-order valence-electron chi connectivity index (χ1n) is 5.67. The average molecular weight is 275 g/mol. The zero-order valence-corrected chi connectivity index (χ0v) is 11.5. The Morgan fingerprint density at radius 3 is 2.61 bits per heavy atom. The molecule has 0 aliphatic heterocycles. The number of nitrogens with zero attached hydrogens (tertiary/aromatic N) is 1. The molecule has 0 saturated heterocycles. The summed E-state index contributed by atoms with van der Waals surface area (Å²) in [4.78, 5) is 3.56. The van der Waals surface area contributed by atoms with Gasteiger partial charge in [0.1, 0.15) is 0 Å². The standard InChI is InChI=1S/C11H18FN3O2S/c1-8(2)14-6-9(3)18(16,17)15-11-4-5-13-7-10(11)12/h4-5,7-9,14H,6H2,1-3H3,(H,13,15).